The van der Waals surface area contributed by atoms with Gasteiger partial charge in [0.05, 0.1) is 0 Å². The molecule has 148 valence electrons. The lowest BCUT2D eigenvalue weighted by molar-refractivity contribution is 0.0683. The molecule has 1 aromatic heterocycles. The predicted molar refractivity (Wildman–Crippen MR) is 107 cm³/mol. The van der Waals surface area contributed by atoms with Crippen LogP contribution in [0.1, 0.15) is 59.0 Å². The first-order valence-corrected chi connectivity index (χ1v) is 10.3. The van der Waals surface area contributed by atoms with Crippen LogP contribution >= 0.6 is 0 Å². The molecule has 1 aliphatic carbocycles. The van der Waals surface area contributed by atoms with Crippen molar-refractivity contribution < 1.29 is 9.59 Å². The highest BCUT2D eigenvalue weighted by atomic mass is 16.2. The van der Waals surface area contributed by atoms with Crippen molar-refractivity contribution in [2.24, 2.45) is 5.92 Å². The zero-order chi connectivity index (χ0) is 19.5. The second-order valence-electron chi connectivity index (χ2n) is 7.94. The van der Waals surface area contributed by atoms with E-state index in [1.165, 1.54) is 5.56 Å². The molecule has 4 rings (SSSR count). The van der Waals surface area contributed by atoms with Gasteiger partial charge in [0.2, 0.25) is 0 Å². The summed E-state index contributed by atoms with van der Waals surface area (Å²) in [6, 6.07) is 10.2. The van der Waals surface area contributed by atoms with E-state index >= 15 is 0 Å². The lowest BCUT2D eigenvalue weighted by Gasteiger charge is -2.31. The van der Waals surface area contributed by atoms with Crippen LogP contribution < -0.4 is 5.32 Å². The quantitative estimate of drug-likeness (QED) is 0.838. The molecule has 2 amide bonds. The highest BCUT2D eigenvalue weighted by molar-refractivity contribution is 5.94. The summed E-state index contributed by atoms with van der Waals surface area (Å²) in [6.45, 7) is 4.35. The number of likely N-dealkylation sites (tertiary alicyclic amines) is 1. The van der Waals surface area contributed by atoms with E-state index in [0.29, 0.717) is 17.7 Å². The smallest absolute Gasteiger partial charge is 0.274 e. The number of benzene rings is 1. The summed E-state index contributed by atoms with van der Waals surface area (Å²) in [4.78, 5) is 26.6. The molecule has 0 atom stereocenters. The summed E-state index contributed by atoms with van der Waals surface area (Å²) < 4.78 is 1.79. The van der Waals surface area contributed by atoms with E-state index in [-0.39, 0.29) is 11.8 Å². The molecule has 2 aliphatic rings. The van der Waals surface area contributed by atoms with Gasteiger partial charge < -0.3 is 10.2 Å². The zero-order valence-electron chi connectivity index (χ0n) is 16.4. The highest BCUT2D eigenvalue weighted by Gasteiger charge is 2.26. The molecule has 0 radical (unpaired) electrons. The fraction of sp³-hybridized carbons (Fsp3) is 0.500. The van der Waals surface area contributed by atoms with Crippen LogP contribution in [0.4, 0.5) is 0 Å². The second-order valence-corrected chi connectivity index (χ2v) is 7.94. The Bertz CT molecular complexity index is 830. The average Bonchev–Trinajstić information content (AvgIpc) is 3.40. The largest absolute Gasteiger partial charge is 0.349 e. The second kappa shape index (κ2) is 8.17. The van der Waals surface area contributed by atoms with Crippen LogP contribution in [0.5, 0.6) is 0 Å². The third-order valence-corrected chi connectivity index (χ3v) is 5.74. The Morgan fingerprint density at radius 3 is 2.39 bits per heavy atom. The van der Waals surface area contributed by atoms with E-state index in [0.717, 1.165) is 57.3 Å². The van der Waals surface area contributed by atoms with Crippen LogP contribution in [0.2, 0.25) is 0 Å². The van der Waals surface area contributed by atoms with Crippen LogP contribution in [0.15, 0.2) is 36.5 Å². The predicted octanol–water partition coefficient (Wildman–Crippen LogP) is 2.89. The molecule has 1 N–H and O–H groups in total. The van der Waals surface area contributed by atoms with Gasteiger partial charge in [-0.15, -0.1) is 0 Å². The third kappa shape index (κ3) is 4.43. The van der Waals surface area contributed by atoms with Crippen molar-refractivity contribution in [2.75, 3.05) is 13.1 Å². The van der Waals surface area contributed by atoms with Gasteiger partial charge in [0.15, 0.2) is 0 Å². The van der Waals surface area contributed by atoms with Crippen molar-refractivity contribution in [3.05, 3.63) is 53.3 Å². The SMILES string of the molecule is CCn1ccc(C(=O)N2CCC(Cc3ccc(C(=O)NC4CC4)cc3)CC2)n1. The maximum atomic E-state index is 12.6. The maximum Gasteiger partial charge on any atom is 0.274 e. The van der Waals surface area contributed by atoms with Crippen molar-refractivity contribution in [2.45, 2.75) is 51.6 Å². The summed E-state index contributed by atoms with van der Waals surface area (Å²) in [6.07, 6.45) is 7.07. The van der Waals surface area contributed by atoms with Gasteiger partial charge in [-0.1, -0.05) is 12.1 Å². The van der Waals surface area contributed by atoms with Crippen LogP contribution in [0, 0.1) is 5.92 Å². The molecule has 1 saturated carbocycles. The minimum atomic E-state index is 0.0337. The summed E-state index contributed by atoms with van der Waals surface area (Å²) in [7, 11) is 0. The lowest BCUT2D eigenvalue weighted by atomic mass is 9.90. The Balaban J connectivity index is 1.27. The highest BCUT2D eigenvalue weighted by Crippen LogP contribution is 2.23. The van der Waals surface area contributed by atoms with Gasteiger partial charge in [0, 0.05) is 37.4 Å². The van der Waals surface area contributed by atoms with Gasteiger partial charge in [0.25, 0.3) is 11.8 Å². The molecule has 2 fully saturated rings. The molecule has 6 nitrogen and oxygen atoms in total. The molecule has 28 heavy (non-hydrogen) atoms. The fourth-order valence-corrected chi connectivity index (χ4v) is 3.78. The maximum absolute atomic E-state index is 12.6. The molecular formula is C22H28N4O2. The number of carbonyl (C=O) groups is 2. The van der Waals surface area contributed by atoms with Crippen molar-refractivity contribution in [3.8, 4) is 0 Å². The number of amides is 2. The van der Waals surface area contributed by atoms with E-state index in [9.17, 15) is 9.59 Å². The first-order chi connectivity index (χ1) is 13.6. The Morgan fingerprint density at radius 2 is 1.79 bits per heavy atom. The van der Waals surface area contributed by atoms with Gasteiger partial charge in [0.1, 0.15) is 5.69 Å². The van der Waals surface area contributed by atoms with Gasteiger partial charge in [-0.25, -0.2) is 0 Å². The normalized spacial score (nSPS) is 17.5. The zero-order valence-corrected chi connectivity index (χ0v) is 16.4. The van der Waals surface area contributed by atoms with E-state index in [1.807, 2.05) is 30.2 Å². The molecular weight excluding hydrogens is 352 g/mol. The number of rotatable bonds is 6. The van der Waals surface area contributed by atoms with Crippen LogP contribution in [-0.4, -0.2) is 45.6 Å². The number of nitrogens with zero attached hydrogens (tertiary/aromatic N) is 3. The number of hydrogen-bond donors (Lipinski definition) is 1. The summed E-state index contributed by atoms with van der Waals surface area (Å²) in [5.41, 5.74) is 2.54. The average molecular weight is 380 g/mol. The summed E-state index contributed by atoms with van der Waals surface area (Å²) in [5.74, 6) is 0.645. The molecule has 2 aromatic rings. The molecule has 1 saturated heterocycles. The van der Waals surface area contributed by atoms with E-state index in [4.69, 9.17) is 0 Å². The standard InChI is InChI=1S/C22H28N4O2/c1-2-26-14-11-20(24-26)22(28)25-12-9-17(10-13-25)15-16-3-5-18(6-4-16)21(27)23-19-7-8-19/h3-6,11,14,17,19H,2,7-10,12-13,15H2,1H3,(H,23,27). The number of carbonyl (C=O) groups excluding carboxylic acids is 2. The molecule has 1 aromatic carbocycles. The fourth-order valence-electron chi connectivity index (χ4n) is 3.78. The number of aromatic nitrogens is 2. The molecule has 2 heterocycles. The molecule has 0 spiro atoms. The van der Waals surface area contributed by atoms with E-state index in [2.05, 4.69) is 22.5 Å². The monoisotopic (exact) mass is 380 g/mol. The first-order valence-electron chi connectivity index (χ1n) is 10.3. The minimum Gasteiger partial charge on any atom is -0.349 e. The Labute approximate surface area is 165 Å². The van der Waals surface area contributed by atoms with Crippen LogP contribution in [-0.2, 0) is 13.0 Å². The minimum absolute atomic E-state index is 0.0337. The lowest BCUT2D eigenvalue weighted by Crippen LogP contribution is -2.39. The van der Waals surface area contributed by atoms with Crippen LogP contribution in [0.25, 0.3) is 0 Å². The number of nitrogens with one attached hydrogen (secondary N) is 1. The molecule has 1 aliphatic heterocycles. The third-order valence-electron chi connectivity index (χ3n) is 5.74. The van der Waals surface area contributed by atoms with Crippen molar-refractivity contribution in [1.29, 1.82) is 0 Å². The number of aryl methyl sites for hydroxylation is 1. The van der Waals surface area contributed by atoms with Gasteiger partial charge in [-0.05, 0) is 68.7 Å². The van der Waals surface area contributed by atoms with E-state index in [1.54, 1.807) is 10.7 Å². The molecule has 0 unspecified atom stereocenters. The number of piperidine rings is 1. The van der Waals surface area contributed by atoms with Crippen LogP contribution in [0.3, 0.4) is 0 Å². The molecule has 6 heteroatoms. The van der Waals surface area contributed by atoms with Gasteiger partial charge >= 0.3 is 0 Å². The van der Waals surface area contributed by atoms with Crippen molar-refractivity contribution in [3.63, 3.8) is 0 Å². The Kier molecular flexibility index (Phi) is 5.46. The summed E-state index contributed by atoms with van der Waals surface area (Å²) >= 11 is 0. The molecule has 0 bridgehead atoms. The summed E-state index contributed by atoms with van der Waals surface area (Å²) in [5, 5.41) is 7.35. The Hall–Kier alpha value is -2.63. The number of hydrogen-bond acceptors (Lipinski definition) is 3. The van der Waals surface area contributed by atoms with E-state index < -0.39 is 0 Å². The first kappa shape index (κ1) is 18.7. The van der Waals surface area contributed by atoms with Crippen molar-refractivity contribution in [1.82, 2.24) is 20.0 Å². The van der Waals surface area contributed by atoms with Gasteiger partial charge in [-0.3, -0.25) is 14.3 Å². The topological polar surface area (TPSA) is 67.2 Å². The van der Waals surface area contributed by atoms with Gasteiger partial charge in [-0.2, -0.15) is 5.10 Å². The van der Waals surface area contributed by atoms with Crippen molar-refractivity contribution >= 4 is 11.8 Å². The Morgan fingerprint density at radius 1 is 1.07 bits per heavy atom.